The van der Waals surface area contributed by atoms with Gasteiger partial charge in [0.1, 0.15) is 5.75 Å². The zero-order valence-corrected chi connectivity index (χ0v) is 12.6. The number of nitrogens with zero attached hydrogens (tertiary/aromatic N) is 1. The van der Waals surface area contributed by atoms with Gasteiger partial charge in [-0.25, -0.2) is 0 Å². The predicted molar refractivity (Wildman–Crippen MR) is 81.7 cm³/mol. The quantitative estimate of drug-likeness (QED) is 0.827. The van der Waals surface area contributed by atoms with E-state index in [2.05, 4.69) is 30.0 Å². The molecule has 0 atom stereocenters. The monoisotopic (exact) mass is 275 g/mol. The Morgan fingerprint density at radius 1 is 1.37 bits per heavy atom. The highest BCUT2D eigenvalue weighted by molar-refractivity contribution is 7.99. The number of ether oxygens (including phenoxy) is 1. The molecule has 19 heavy (non-hydrogen) atoms. The molecule has 1 aromatic carbocycles. The Bertz CT molecular complexity index is 509. The van der Waals surface area contributed by atoms with Crippen molar-refractivity contribution in [3.05, 3.63) is 29.5 Å². The third-order valence-corrected chi connectivity index (χ3v) is 5.04. The highest BCUT2D eigenvalue weighted by Gasteiger charge is 2.26. The third-order valence-electron chi connectivity index (χ3n) is 3.95. The summed E-state index contributed by atoms with van der Waals surface area (Å²) in [6, 6.07) is 6.50. The molecule has 0 radical (unpaired) electrons. The van der Waals surface area contributed by atoms with Crippen molar-refractivity contribution in [1.29, 1.82) is 0 Å². The summed E-state index contributed by atoms with van der Waals surface area (Å²) < 4.78 is 5.39. The molecule has 2 aliphatic rings. The normalized spacial score (nSPS) is 18.1. The first-order chi connectivity index (χ1) is 9.33. The maximum atomic E-state index is 5.39. The van der Waals surface area contributed by atoms with Crippen molar-refractivity contribution >= 4 is 17.3 Å². The first kappa shape index (κ1) is 12.9. The summed E-state index contributed by atoms with van der Waals surface area (Å²) in [5.41, 5.74) is 4.54. The molecule has 1 aromatic rings. The largest absolute Gasteiger partial charge is 0.497 e. The van der Waals surface area contributed by atoms with E-state index in [4.69, 9.17) is 4.74 Å². The van der Waals surface area contributed by atoms with E-state index in [0.717, 1.165) is 11.5 Å². The van der Waals surface area contributed by atoms with Gasteiger partial charge in [-0.2, -0.15) is 0 Å². The molecule has 0 unspecified atom stereocenters. The second kappa shape index (κ2) is 5.49. The van der Waals surface area contributed by atoms with Crippen LogP contribution in [0, 0.1) is 0 Å². The van der Waals surface area contributed by atoms with Gasteiger partial charge in [0, 0.05) is 29.4 Å². The van der Waals surface area contributed by atoms with E-state index in [1.54, 1.807) is 18.4 Å². The van der Waals surface area contributed by atoms with Gasteiger partial charge in [0.05, 0.1) is 7.11 Å². The minimum Gasteiger partial charge on any atom is -0.497 e. The standard InChI is InChI=1S/C16H21NOS/c1-3-8-17-9-4-5-13-14-10-12(18-2)6-7-16(14)19-11-15(13)17/h6-7,10H,3-5,8-9,11H2,1-2H3. The molecular weight excluding hydrogens is 254 g/mol. The van der Waals surface area contributed by atoms with Crippen LogP contribution in [0.3, 0.4) is 0 Å². The molecular formula is C16H21NOS. The molecule has 2 nitrogen and oxygen atoms in total. The second-order valence-corrected chi connectivity index (χ2v) is 6.18. The molecule has 0 saturated carbocycles. The fourth-order valence-corrected chi connectivity index (χ4v) is 4.20. The fourth-order valence-electron chi connectivity index (χ4n) is 3.05. The SMILES string of the molecule is CCCN1CCCC2=C1CSc1ccc(OC)cc12. The smallest absolute Gasteiger partial charge is 0.119 e. The summed E-state index contributed by atoms with van der Waals surface area (Å²) in [4.78, 5) is 4.01. The van der Waals surface area contributed by atoms with Crippen LogP contribution in [0.2, 0.25) is 0 Å². The van der Waals surface area contributed by atoms with Crippen LogP contribution in [0.25, 0.3) is 5.57 Å². The Morgan fingerprint density at radius 3 is 3.05 bits per heavy atom. The molecule has 0 aliphatic carbocycles. The molecule has 0 saturated heterocycles. The van der Waals surface area contributed by atoms with Gasteiger partial charge in [0.15, 0.2) is 0 Å². The van der Waals surface area contributed by atoms with E-state index in [1.807, 2.05) is 11.8 Å². The fraction of sp³-hybridized carbons (Fsp3) is 0.500. The van der Waals surface area contributed by atoms with Gasteiger partial charge in [0.2, 0.25) is 0 Å². The molecule has 0 fully saturated rings. The lowest BCUT2D eigenvalue weighted by atomic mass is 9.94. The first-order valence-corrected chi connectivity index (χ1v) is 8.10. The number of allylic oxidation sites excluding steroid dienone is 1. The van der Waals surface area contributed by atoms with Gasteiger partial charge in [-0.15, -0.1) is 11.8 Å². The Balaban J connectivity index is 2.03. The van der Waals surface area contributed by atoms with E-state index >= 15 is 0 Å². The lowest BCUT2D eigenvalue weighted by Gasteiger charge is -2.37. The number of hydrogen-bond acceptors (Lipinski definition) is 3. The third kappa shape index (κ3) is 2.36. The molecule has 102 valence electrons. The van der Waals surface area contributed by atoms with Crippen LogP contribution in [0.4, 0.5) is 0 Å². The van der Waals surface area contributed by atoms with E-state index in [1.165, 1.54) is 42.8 Å². The summed E-state index contributed by atoms with van der Waals surface area (Å²) >= 11 is 1.97. The zero-order valence-electron chi connectivity index (χ0n) is 11.7. The van der Waals surface area contributed by atoms with Crippen molar-refractivity contribution in [2.75, 3.05) is 26.0 Å². The average Bonchev–Trinajstić information content (AvgIpc) is 2.47. The van der Waals surface area contributed by atoms with Crippen LogP contribution >= 0.6 is 11.8 Å². The van der Waals surface area contributed by atoms with E-state index in [-0.39, 0.29) is 0 Å². The minimum absolute atomic E-state index is 0.973. The molecule has 2 heterocycles. The average molecular weight is 275 g/mol. The number of rotatable bonds is 3. The minimum atomic E-state index is 0.973. The summed E-state index contributed by atoms with van der Waals surface area (Å²) in [6.07, 6.45) is 3.73. The van der Waals surface area contributed by atoms with E-state index in [0.29, 0.717) is 0 Å². The molecule has 3 heteroatoms. The Kier molecular flexibility index (Phi) is 3.74. The van der Waals surface area contributed by atoms with Gasteiger partial charge in [0.25, 0.3) is 0 Å². The first-order valence-electron chi connectivity index (χ1n) is 7.11. The van der Waals surface area contributed by atoms with Crippen LogP contribution in [0.5, 0.6) is 5.75 Å². The summed E-state index contributed by atoms with van der Waals surface area (Å²) in [6.45, 7) is 4.69. The van der Waals surface area contributed by atoms with E-state index in [9.17, 15) is 0 Å². The summed E-state index contributed by atoms with van der Waals surface area (Å²) in [7, 11) is 1.75. The number of hydrogen-bond donors (Lipinski definition) is 0. The lowest BCUT2D eigenvalue weighted by molar-refractivity contribution is 0.330. The Hall–Kier alpha value is -1.09. The topological polar surface area (TPSA) is 12.5 Å². The highest BCUT2D eigenvalue weighted by atomic mass is 32.2. The molecule has 0 aromatic heterocycles. The van der Waals surface area contributed by atoms with Crippen LogP contribution in [-0.4, -0.2) is 30.9 Å². The van der Waals surface area contributed by atoms with Gasteiger partial charge < -0.3 is 9.64 Å². The maximum absolute atomic E-state index is 5.39. The number of methoxy groups -OCH3 is 1. The molecule has 2 aliphatic heterocycles. The van der Waals surface area contributed by atoms with E-state index < -0.39 is 0 Å². The van der Waals surface area contributed by atoms with Crippen molar-refractivity contribution in [3.63, 3.8) is 0 Å². The van der Waals surface area contributed by atoms with Crippen molar-refractivity contribution in [2.24, 2.45) is 0 Å². The molecule has 3 rings (SSSR count). The lowest BCUT2D eigenvalue weighted by Crippen LogP contribution is -2.31. The van der Waals surface area contributed by atoms with Crippen molar-refractivity contribution < 1.29 is 4.74 Å². The van der Waals surface area contributed by atoms with Crippen molar-refractivity contribution in [1.82, 2.24) is 4.90 Å². The number of fused-ring (bicyclic) bond motifs is 2. The van der Waals surface area contributed by atoms with Gasteiger partial charge in [-0.1, -0.05) is 6.92 Å². The molecule has 0 N–H and O–H groups in total. The number of benzene rings is 1. The highest BCUT2D eigenvalue weighted by Crippen LogP contribution is 2.43. The summed E-state index contributed by atoms with van der Waals surface area (Å²) in [5, 5.41) is 0. The van der Waals surface area contributed by atoms with Gasteiger partial charge in [-0.05, 0) is 48.6 Å². The van der Waals surface area contributed by atoms with Gasteiger partial charge >= 0.3 is 0 Å². The van der Waals surface area contributed by atoms with Crippen LogP contribution in [0.1, 0.15) is 31.7 Å². The molecule has 0 amide bonds. The second-order valence-electron chi connectivity index (χ2n) is 5.17. The predicted octanol–water partition coefficient (Wildman–Crippen LogP) is 4.02. The Morgan fingerprint density at radius 2 is 2.26 bits per heavy atom. The number of thioether (sulfide) groups is 1. The molecule has 0 bridgehead atoms. The molecule has 0 spiro atoms. The maximum Gasteiger partial charge on any atom is 0.119 e. The zero-order chi connectivity index (χ0) is 13.2. The van der Waals surface area contributed by atoms with Gasteiger partial charge in [-0.3, -0.25) is 0 Å². The van der Waals surface area contributed by atoms with Crippen LogP contribution in [-0.2, 0) is 0 Å². The van der Waals surface area contributed by atoms with Crippen LogP contribution in [0.15, 0.2) is 28.8 Å². The van der Waals surface area contributed by atoms with Crippen molar-refractivity contribution in [2.45, 2.75) is 31.1 Å². The van der Waals surface area contributed by atoms with Crippen LogP contribution < -0.4 is 4.74 Å². The Labute approximate surface area is 119 Å². The summed E-state index contributed by atoms with van der Waals surface area (Å²) in [5.74, 6) is 2.11. The van der Waals surface area contributed by atoms with Crippen molar-refractivity contribution in [3.8, 4) is 5.75 Å².